The Morgan fingerprint density at radius 2 is 0.917 bits per heavy atom. The molecule has 0 aromatic rings. The van der Waals surface area contributed by atoms with E-state index in [1.807, 2.05) is 0 Å². The third-order valence-corrected chi connectivity index (χ3v) is 4.98. The number of unbranched alkanes of at least 4 members (excludes halogenated alkanes) is 5. The van der Waals surface area contributed by atoms with E-state index in [9.17, 15) is 0 Å². The molecule has 0 amide bonds. The summed E-state index contributed by atoms with van der Waals surface area (Å²) in [5.41, 5.74) is 0. The monoisotopic (exact) mass is 384 g/mol. The fraction of sp³-hybridized carbons (Fsp3) is 1.00. The van der Waals surface area contributed by atoms with Crippen LogP contribution in [-0.4, -0.2) is 88.8 Å². The maximum absolute atomic E-state index is 5.35. The minimum atomic E-state index is 0. The Hall–Kier alpha value is 0.420. The molecule has 2 aliphatic rings. The summed E-state index contributed by atoms with van der Waals surface area (Å²) in [7, 11) is 9.35. The van der Waals surface area contributed by atoms with Gasteiger partial charge >= 0.3 is 0 Å². The van der Waals surface area contributed by atoms with Crippen LogP contribution >= 0.6 is 0 Å². The van der Waals surface area contributed by atoms with E-state index in [1.54, 1.807) is 0 Å². The second kappa shape index (κ2) is 11.2. The molecule has 0 spiro atoms. The van der Waals surface area contributed by atoms with Gasteiger partial charge in [-0.25, -0.2) is 0 Å². The Labute approximate surface area is 161 Å². The van der Waals surface area contributed by atoms with Crippen molar-refractivity contribution in [2.75, 3.05) is 67.6 Å². The van der Waals surface area contributed by atoms with Crippen molar-refractivity contribution in [1.82, 2.24) is 0 Å². The topological polar surface area (TPSA) is 25.1 Å². The Balaban J connectivity index is 0.00000264. The molecule has 2 aliphatic heterocycles. The molecule has 0 radical (unpaired) electrons. The second-order valence-electron chi connectivity index (χ2n) is 8.72. The third-order valence-electron chi connectivity index (χ3n) is 4.98. The summed E-state index contributed by atoms with van der Waals surface area (Å²) < 4.78 is 12.9. The normalized spacial score (nSPS) is 22.5. The van der Waals surface area contributed by atoms with Gasteiger partial charge in [-0.3, -0.25) is 0 Å². The molecular formula is C18H38Cl2N2O2. The van der Waals surface area contributed by atoms with E-state index in [-0.39, 0.29) is 24.8 Å². The minimum absolute atomic E-state index is 0. The van der Waals surface area contributed by atoms with E-state index >= 15 is 0 Å². The summed E-state index contributed by atoms with van der Waals surface area (Å²) in [6.45, 7) is 6.96. The Morgan fingerprint density at radius 3 is 1.21 bits per heavy atom. The van der Waals surface area contributed by atoms with Gasteiger partial charge in [0.25, 0.3) is 0 Å². The van der Waals surface area contributed by atoms with Gasteiger partial charge in [0, 0.05) is 0 Å². The first-order valence-electron chi connectivity index (χ1n) is 9.24. The highest BCUT2D eigenvalue weighted by molar-refractivity contribution is 4.68. The first-order valence-corrected chi connectivity index (χ1v) is 9.24. The first-order chi connectivity index (χ1) is 10.4. The molecule has 6 heteroatoms. The van der Waals surface area contributed by atoms with Crippen molar-refractivity contribution >= 4 is 0 Å². The van der Waals surface area contributed by atoms with Crippen LogP contribution < -0.4 is 24.8 Å². The lowest BCUT2D eigenvalue weighted by Gasteiger charge is -2.29. The predicted octanol–water partition coefficient (Wildman–Crippen LogP) is -3.71. The SMILES string of the molecule is C[N+](C)(CCCCCCCC[N+](C)(C)CC1CO1)CC1CO1.[Cl-].[Cl-]. The van der Waals surface area contributed by atoms with Crippen molar-refractivity contribution in [3.63, 3.8) is 0 Å². The van der Waals surface area contributed by atoms with E-state index in [2.05, 4.69) is 28.2 Å². The molecule has 0 N–H and O–H groups in total. The highest BCUT2D eigenvalue weighted by Crippen LogP contribution is 2.17. The molecule has 0 saturated carbocycles. The summed E-state index contributed by atoms with van der Waals surface area (Å²) in [5.74, 6) is 0. The average Bonchev–Trinajstić information content (AvgIpc) is 3.29. The van der Waals surface area contributed by atoms with Gasteiger partial charge in [0.05, 0.1) is 54.5 Å². The van der Waals surface area contributed by atoms with Gasteiger partial charge in [0.1, 0.15) is 25.3 Å². The van der Waals surface area contributed by atoms with Gasteiger partial charge in [0.15, 0.2) is 0 Å². The molecule has 2 saturated heterocycles. The number of epoxide rings is 2. The van der Waals surface area contributed by atoms with Crippen LogP contribution in [0.2, 0.25) is 0 Å². The number of rotatable bonds is 13. The van der Waals surface area contributed by atoms with E-state index in [1.165, 1.54) is 64.7 Å². The van der Waals surface area contributed by atoms with Crippen molar-refractivity contribution in [3.8, 4) is 0 Å². The standard InChI is InChI=1S/C18H38N2O2.2ClH/c1-19(2,13-17-15-21-17)11-9-7-5-6-8-10-12-20(3,4)14-18-16-22-18;;/h17-18H,5-16H2,1-4H3;2*1H/q+2;;/p-2. The predicted molar refractivity (Wildman–Crippen MR) is 90.9 cm³/mol. The fourth-order valence-electron chi connectivity index (χ4n) is 3.42. The van der Waals surface area contributed by atoms with Crippen molar-refractivity contribution in [2.45, 2.75) is 50.7 Å². The van der Waals surface area contributed by atoms with Crippen LogP contribution in [0.25, 0.3) is 0 Å². The highest BCUT2D eigenvalue weighted by Gasteiger charge is 2.31. The van der Waals surface area contributed by atoms with Gasteiger partial charge < -0.3 is 43.3 Å². The fourth-order valence-corrected chi connectivity index (χ4v) is 3.42. The van der Waals surface area contributed by atoms with Crippen LogP contribution in [0.5, 0.6) is 0 Å². The highest BCUT2D eigenvalue weighted by atomic mass is 35.5. The number of quaternary nitrogens is 2. The molecule has 0 aliphatic carbocycles. The molecule has 0 bridgehead atoms. The number of likely N-dealkylation sites (N-methyl/N-ethyl adjacent to an activating group) is 2. The molecule has 4 nitrogen and oxygen atoms in total. The van der Waals surface area contributed by atoms with Crippen LogP contribution in [0.4, 0.5) is 0 Å². The van der Waals surface area contributed by atoms with Crippen molar-refractivity contribution in [2.24, 2.45) is 0 Å². The largest absolute Gasteiger partial charge is 1.00 e. The molecule has 24 heavy (non-hydrogen) atoms. The molecule has 0 aromatic carbocycles. The zero-order valence-corrected chi connectivity index (χ0v) is 17.6. The van der Waals surface area contributed by atoms with Crippen LogP contribution in [0.15, 0.2) is 0 Å². The van der Waals surface area contributed by atoms with E-state index in [0.29, 0.717) is 12.2 Å². The smallest absolute Gasteiger partial charge is 0.130 e. The molecule has 2 fully saturated rings. The van der Waals surface area contributed by atoms with E-state index in [4.69, 9.17) is 9.47 Å². The van der Waals surface area contributed by atoms with Gasteiger partial charge in [-0.05, 0) is 25.7 Å². The Kier molecular flexibility index (Phi) is 11.4. The van der Waals surface area contributed by atoms with Crippen LogP contribution in [0.1, 0.15) is 38.5 Å². The maximum atomic E-state index is 5.35. The minimum Gasteiger partial charge on any atom is -1.00 e. The Morgan fingerprint density at radius 1 is 0.625 bits per heavy atom. The van der Waals surface area contributed by atoms with Gasteiger partial charge in [-0.1, -0.05) is 12.8 Å². The van der Waals surface area contributed by atoms with Gasteiger partial charge in [-0.2, -0.15) is 0 Å². The summed E-state index contributed by atoms with van der Waals surface area (Å²) in [4.78, 5) is 0. The lowest BCUT2D eigenvalue weighted by molar-refractivity contribution is -0.891. The lowest BCUT2D eigenvalue weighted by Crippen LogP contribution is -3.00. The van der Waals surface area contributed by atoms with Crippen LogP contribution in [-0.2, 0) is 9.47 Å². The van der Waals surface area contributed by atoms with Crippen molar-refractivity contribution < 1.29 is 43.3 Å². The molecule has 2 unspecified atom stereocenters. The summed E-state index contributed by atoms with van der Waals surface area (Å²) in [5, 5.41) is 0. The van der Waals surface area contributed by atoms with Crippen LogP contribution in [0, 0.1) is 0 Å². The quantitative estimate of drug-likeness (QED) is 0.185. The van der Waals surface area contributed by atoms with E-state index in [0.717, 1.165) is 22.2 Å². The molecule has 146 valence electrons. The molecule has 2 heterocycles. The summed E-state index contributed by atoms with van der Waals surface area (Å²) in [6.07, 6.45) is 9.41. The maximum Gasteiger partial charge on any atom is 0.130 e. The number of ether oxygens (including phenoxy) is 2. The molecule has 2 rings (SSSR count). The zero-order chi connectivity index (χ0) is 16.1. The number of hydrogen-bond acceptors (Lipinski definition) is 2. The average molecular weight is 385 g/mol. The number of halogens is 2. The first kappa shape index (κ1) is 24.4. The number of nitrogens with zero attached hydrogens (tertiary/aromatic N) is 2. The third kappa shape index (κ3) is 11.9. The van der Waals surface area contributed by atoms with E-state index < -0.39 is 0 Å². The molecule has 0 aromatic heterocycles. The molecular weight excluding hydrogens is 347 g/mol. The van der Waals surface area contributed by atoms with Gasteiger partial charge in [-0.15, -0.1) is 0 Å². The van der Waals surface area contributed by atoms with Gasteiger partial charge in [0.2, 0.25) is 0 Å². The molecule has 2 atom stereocenters. The number of hydrogen-bond donors (Lipinski definition) is 0. The summed E-state index contributed by atoms with van der Waals surface area (Å²) >= 11 is 0. The summed E-state index contributed by atoms with van der Waals surface area (Å²) in [6, 6.07) is 0. The lowest BCUT2D eigenvalue weighted by atomic mass is 10.1. The Bertz CT molecular complexity index is 301. The zero-order valence-electron chi connectivity index (χ0n) is 16.1. The van der Waals surface area contributed by atoms with Crippen LogP contribution in [0.3, 0.4) is 0 Å². The van der Waals surface area contributed by atoms with Crippen molar-refractivity contribution in [1.29, 1.82) is 0 Å². The second-order valence-corrected chi connectivity index (χ2v) is 8.72. The van der Waals surface area contributed by atoms with Crippen molar-refractivity contribution in [3.05, 3.63) is 0 Å².